The van der Waals surface area contributed by atoms with Gasteiger partial charge in [0.05, 0.1) is 17.3 Å². The van der Waals surface area contributed by atoms with E-state index in [2.05, 4.69) is 37.3 Å². The van der Waals surface area contributed by atoms with Crippen LogP contribution < -0.4 is 16.0 Å². The Balaban J connectivity index is 3.18. The molecule has 0 aliphatic heterocycles. The number of hydrogen-bond donors (Lipinski definition) is 2. The average molecular weight is 296 g/mol. The molecule has 1 rings (SSSR count). The van der Waals surface area contributed by atoms with Crippen molar-refractivity contribution in [1.82, 2.24) is 0 Å². The van der Waals surface area contributed by atoms with Crippen LogP contribution in [0.1, 0.15) is 0 Å². The molecule has 5 heteroatoms. The first-order valence-corrected chi connectivity index (χ1v) is 4.77. The Bertz CT molecular complexity index is 266. The molecule has 0 bridgehead atoms. The van der Waals surface area contributed by atoms with Gasteiger partial charge in [-0.2, -0.15) is 0 Å². The topological polar surface area (TPSA) is 47.3 Å². The van der Waals surface area contributed by atoms with Gasteiger partial charge < -0.3 is 10.2 Å². The first-order valence-electron chi connectivity index (χ1n) is 3.18. The smallest absolute Gasteiger partial charge is 0.135 e. The molecular formula is C7H8Br2N2O. The van der Waals surface area contributed by atoms with E-state index >= 15 is 0 Å². The zero-order valence-electron chi connectivity index (χ0n) is 6.40. The predicted molar refractivity (Wildman–Crippen MR) is 56.2 cm³/mol. The molecule has 0 amide bonds. The van der Waals surface area contributed by atoms with Crippen molar-refractivity contribution in [3.63, 3.8) is 0 Å². The van der Waals surface area contributed by atoms with Gasteiger partial charge in [-0.1, -0.05) is 0 Å². The van der Waals surface area contributed by atoms with Crippen LogP contribution in [-0.4, -0.2) is 7.11 Å². The first-order chi connectivity index (χ1) is 5.69. The van der Waals surface area contributed by atoms with E-state index in [1.165, 1.54) is 0 Å². The molecule has 0 aliphatic rings. The summed E-state index contributed by atoms with van der Waals surface area (Å²) in [6, 6.07) is 3.67. The van der Waals surface area contributed by atoms with Gasteiger partial charge in [0.1, 0.15) is 5.75 Å². The molecule has 0 heterocycles. The van der Waals surface area contributed by atoms with Crippen LogP contribution in [0.5, 0.6) is 5.75 Å². The van der Waals surface area contributed by atoms with E-state index in [-0.39, 0.29) is 0 Å². The van der Waals surface area contributed by atoms with Crippen molar-refractivity contribution in [2.75, 3.05) is 12.5 Å². The summed E-state index contributed by atoms with van der Waals surface area (Å²) >= 11 is 6.69. The number of methoxy groups -OCH3 is 1. The molecule has 0 radical (unpaired) electrons. The molecular weight excluding hydrogens is 288 g/mol. The monoisotopic (exact) mass is 294 g/mol. The van der Waals surface area contributed by atoms with Crippen LogP contribution in [0.2, 0.25) is 0 Å². The molecule has 0 atom stereocenters. The molecule has 0 fully saturated rings. The van der Waals surface area contributed by atoms with Gasteiger partial charge in [-0.05, 0) is 37.9 Å². The van der Waals surface area contributed by atoms with E-state index in [1.54, 1.807) is 13.2 Å². The van der Waals surface area contributed by atoms with E-state index in [4.69, 9.17) is 10.6 Å². The van der Waals surface area contributed by atoms with Gasteiger partial charge in [-0.25, -0.2) is 0 Å². The van der Waals surface area contributed by atoms with Gasteiger partial charge in [0.25, 0.3) is 0 Å². The Morgan fingerprint density at radius 2 is 2.00 bits per heavy atom. The van der Waals surface area contributed by atoms with Crippen LogP contribution in [0.3, 0.4) is 0 Å². The maximum Gasteiger partial charge on any atom is 0.135 e. The van der Waals surface area contributed by atoms with Gasteiger partial charge in [0.15, 0.2) is 0 Å². The van der Waals surface area contributed by atoms with E-state index < -0.39 is 0 Å². The number of ether oxygens (including phenoxy) is 1. The Morgan fingerprint density at radius 1 is 1.33 bits per heavy atom. The second-order valence-electron chi connectivity index (χ2n) is 2.11. The minimum atomic E-state index is 0.742. The fourth-order valence-electron chi connectivity index (χ4n) is 0.796. The standard InChI is InChI=1S/C7H8Br2N2O/c1-12-7-3-6(11-10)4(8)2-5(7)9/h2-3,11H,10H2,1H3. The van der Waals surface area contributed by atoms with Crippen molar-refractivity contribution in [3.05, 3.63) is 21.1 Å². The van der Waals surface area contributed by atoms with Crippen LogP contribution in [0.25, 0.3) is 0 Å². The average Bonchev–Trinajstić information content (AvgIpc) is 2.05. The van der Waals surface area contributed by atoms with Gasteiger partial charge in [0.2, 0.25) is 0 Å². The summed E-state index contributed by atoms with van der Waals surface area (Å²) in [6.07, 6.45) is 0. The molecule has 0 saturated heterocycles. The number of halogens is 2. The van der Waals surface area contributed by atoms with Crippen LogP contribution in [0, 0.1) is 0 Å². The van der Waals surface area contributed by atoms with Crippen molar-refractivity contribution in [2.24, 2.45) is 5.84 Å². The second-order valence-corrected chi connectivity index (χ2v) is 3.82. The number of rotatable bonds is 2. The summed E-state index contributed by atoms with van der Waals surface area (Å²) < 4.78 is 6.85. The zero-order valence-corrected chi connectivity index (χ0v) is 9.57. The molecule has 1 aromatic rings. The van der Waals surface area contributed by atoms with E-state index in [0.717, 1.165) is 20.4 Å². The van der Waals surface area contributed by atoms with Crippen molar-refractivity contribution < 1.29 is 4.74 Å². The molecule has 3 N–H and O–H groups in total. The number of hydrazine groups is 1. The third-order valence-corrected chi connectivity index (χ3v) is 2.67. The highest BCUT2D eigenvalue weighted by Gasteiger charge is 2.05. The molecule has 0 saturated carbocycles. The van der Waals surface area contributed by atoms with E-state index in [1.807, 2.05) is 6.07 Å². The normalized spacial score (nSPS) is 9.67. The van der Waals surface area contributed by atoms with Crippen LogP contribution in [0.4, 0.5) is 5.69 Å². The molecule has 1 aromatic carbocycles. The van der Waals surface area contributed by atoms with Crippen molar-refractivity contribution in [1.29, 1.82) is 0 Å². The van der Waals surface area contributed by atoms with Crippen LogP contribution in [0.15, 0.2) is 21.1 Å². The number of nitrogens with one attached hydrogen (secondary N) is 1. The van der Waals surface area contributed by atoms with Gasteiger partial charge in [-0.3, -0.25) is 5.84 Å². The first kappa shape index (κ1) is 9.83. The Kier molecular flexibility index (Phi) is 3.37. The lowest BCUT2D eigenvalue weighted by molar-refractivity contribution is 0.412. The maximum absolute atomic E-state index is 5.27. The Morgan fingerprint density at radius 3 is 2.50 bits per heavy atom. The fourth-order valence-corrected chi connectivity index (χ4v) is 2.07. The minimum absolute atomic E-state index is 0.742. The third kappa shape index (κ3) is 1.91. The van der Waals surface area contributed by atoms with Gasteiger partial charge >= 0.3 is 0 Å². The number of nitrogen functional groups attached to an aromatic ring is 1. The molecule has 0 aromatic heterocycles. The number of anilines is 1. The summed E-state index contributed by atoms with van der Waals surface area (Å²) in [6.45, 7) is 0. The van der Waals surface area contributed by atoms with Crippen LogP contribution >= 0.6 is 31.9 Å². The number of hydrogen-bond acceptors (Lipinski definition) is 3. The lowest BCUT2D eigenvalue weighted by atomic mass is 10.3. The molecule has 12 heavy (non-hydrogen) atoms. The number of benzene rings is 1. The highest BCUT2D eigenvalue weighted by Crippen LogP contribution is 2.33. The van der Waals surface area contributed by atoms with Crippen molar-refractivity contribution in [2.45, 2.75) is 0 Å². The Labute approximate surface area is 87.5 Å². The molecule has 0 aliphatic carbocycles. The summed E-state index contributed by atoms with van der Waals surface area (Å²) in [7, 11) is 1.61. The third-order valence-electron chi connectivity index (χ3n) is 1.40. The Hall–Kier alpha value is -0.260. The van der Waals surface area contributed by atoms with Crippen molar-refractivity contribution >= 4 is 37.5 Å². The summed E-state index contributed by atoms with van der Waals surface area (Å²) in [5.41, 5.74) is 3.34. The lowest BCUT2D eigenvalue weighted by Crippen LogP contribution is -2.07. The van der Waals surface area contributed by atoms with Gasteiger partial charge in [-0.15, -0.1) is 0 Å². The highest BCUT2D eigenvalue weighted by molar-refractivity contribution is 9.11. The van der Waals surface area contributed by atoms with Crippen LogP contribution in [-0.2, 0) is 0 Å². The second kappa shape index (κ2) is 4.11. The fraction of sp³-hybridized carbons (Fsp3) is 0.143. The zero-order chi connectivity index (χ0) is 9.14. The molecule has 0 spiro atoms. The largest absolute Gasteiger partial charge is 0.495 e. The lowest BCUT2D eigenvalue weighted by Gasteiger charge is -2.08. The van der Waals surface area contributed by atoms with Gasteiger partial charge in [0, 0.05) is 10.5 Å². The minimum Gasteiger partial charge on any atom is -0.495 e. The molecule has 3 nitrogen and oxygen atoms in total. The summed E-state index contributed by atoms with van der Waals surface area (Å²) in [5.74, 6) is 6.02. The summed E-state index contributed by atoms with van der Waals surface area (Å²) in [5, 5.41) is 0. The molecule has 0 unspecified atom stereocenters. The maximum atomic E-state index is 5.27. The van der Waals surface area contributed by atoms with E-state index in [0.29, 0.717) is 0 Å². The van der Waals surface area contributed by atoms with Crippen molar-refractivity contribution in [3.8, 4) is 5.75 Å². The quantitative estimate of drug-likeness (QED) is 0.651. The summed E-state index contributed by atoms with van der Waals surface area (Å²) in [4.78, 5) is 0. The highest BCUT2D eigenvalue weighted by atomic mass is 79.9. The molecule has 66 valence electrons. The predicted octanol–water partition coefficient (Wildman–Crippen LogP) is 2.51. The van der Waals surface area contributed by atoms with E-state index in [9.17, 15) is 0 Å². The SMILES string of the molecule is COc1cc(NN)c(Br)cc1Br. The number of nitrogens with two attached hydrogens (primary N) is 1.